The molecule has 0 saturated carbocycles. The van der Waals surface area contributed by atoms with Crippen molar-refractivity contribution in [2.75, 3.05) is 6.61 Å². The van der Waals surface area contributed by atoms with E-state index in [4.69, 9.17) is 4.74 Å². The lowest BCUT2D eigenvalue weighted by Crippen LogP contribution is -2.17. The quantitative estimate of drug-likeness (QED) is 0.537. The number of hydrogen-bond donors (Lipinski definition) is 2. The highest BCUT2D eigenvalue weighted by molar-refractivity contribution is 6.00. The van der Waals surface area contributed by atoms with Gasteiger partial charge in [-0.25, -0.2) is 5.43 Å². The van der Waals surface area contributed by atoms with Crippen LogP contribution in [0.3, 0.4) is 0 Å². The number of rotatable bonds is 6. The van der Waals surface area contributed by atoms with Crippen molar-refractivity contribution in [2.24, 2.45) is 5.10 Å². The molecule has 0 spiro atoms. The molecule has 3 aromatic rings. The van der Waals surface area contributed by atoms with Gasteiger partial charge in [-0.05, 0) is 36.8 Å². The summed E-state index contributed by atoms with van der Waals surface area (Å²) in [7, 11) is 0. The molecule has 122 valence electrons. The molecule has 2 N–H and O–H groups in total. The van der Waals surface area contributed by atoms with Crippen LogP contribution in [-0.2, 0) is 0 Å². The standard InChI is InChI=1S/C19H19N3O2/c1-2-11-24-16-9-7-14(8-10-16)19(23)22-21-13-15-12-20-18-6-4-3-5-17(15)18/h3-10,12-13,20H,2,11H2,1H3,(H,22,23). The van der Waals surface area contributed by atoms with Gasteiger partial charge in [-0.2, -0.15) is 5.10 Å². The summed E-state index contributed by atoms with van der Waals surface area (Å²) in [4.78, 5) is 15.3. The van der Waals surface area contributed by atoms with Gasteiger partial charge in [0.2, 0.25) is 0 Å². The fourth-order valence-electron chi connectivity index (χ4n) is 2.35. The van der Waals surface area contributed by atoms with Gasteiger partial charge in [-0.15, -0.1) is 0 Å². The van der Waals surface area contributed by atoms with E-state index in [1.165, 1.54) is 0 Å². The number of aromatic nitrogens is 1. The van der Waals surface area contributed by atoms with E-state index in [9.17, 15) is 4.79 Å². The van der Waals surface area contributed by atoms with Crippen LogP contribution in [-0.4, -0.2) is 23.7 Å². The van der Waals surface area contributed by atoms with E-state index in [-0.39, 0.29) is 5.91 Å². The molecule has 0 atom stereocenters. The van der Waals surface area contributed by atoms with Gasteiger partial charge >= 0.3 is 0 Å². The zero-order valence-electron chi connectivity index (χ0n) is 13.5. The van der Waals surface area contributed by atoms with Crippen LogP contribution in [0.25, 0.3) is 10.9 Å². The zero-order valence-corrected chi connectivity index (χ0v) is 13.5. The Morgan fingerprint density at radius 3 is 2.79 bits per heavy atom. The minimum atomic E-state index is -0.256. The molecule has 0 aliphatic carbocycles. The molecule has 1 aromatic heterocycles. The van der Waals surface area contributed by atoms with Crippen molar-refractivity contribution in [2.45, 2.75) is 13.3 Å². The molecular formula is C19H19N3O2. The first-order chi connectivity index (χ1) is 11.8. The number of nitrogens with one attached hydrogen (secondary N) is 2. The molecule has 2 aromatic carbocycles. The molecule has 0 unspecified atom stereocenters. The van der Waals surface area contributed by atoms with Gasteiger partial charge in [-0.3, -0.25) is 4.79 Å². The second-order valence-electron chi connectivity index (χ2n) is 5.36. The monoisotopic (exact) mass is 321 g/mol. The molecule has 1 heterocycles. The number of amides is 1. The molecule has 5 heteroatoms. The van der Waals surface area contributed by atoms with Crippen molar-refractivity contribution >= 4 is 23.0 Å². The molecule has 0 radical (unpaired) electrons. The van der Waals surface area contributed by atoms with Gasteiger partial charge in [0, 0.05) is 28.2 Å². The number of fused-ring (bicyclic) bond motifs is 1. The molecule has 0 aliphatic rings. The lowest BCUT2D eigenvalue weighted by molar-refractivity contribution is 0.0955. The molecule has 3 rings (SSSR count). The van der Waals surface area contributed by atoms with E-state index >= 15 is 0 Å². The van der Waals surface area contributed by atoms with Gasteiger partial charge < -0.3 is 9.72 Å². The first-order valence-corrected chi connectivity index (χ1v) is 7.90. The fraction of sp³-hybridized carbons (Fsp3) is 0.158. The number of hydrogen-bond acceptors (Lipinski definition) is 3. The molecule has 5 nitrogen and oxygen atoms in total. The Morgan fingerprint density at radius 2 is 2.00 bits per heavy atom. The van der Waals surface area contributed by atoms with E-state index in [1.54, 1.807) is 30.5 Å². The van der Waals surface area contributed by atoms with Gasteiger partial charge in [0.15, 0.2) is 0 Å². The summed E-state index contributed by atoms with van der Waals surface area (Å²) in [6.45, 7) is 2.72. The van der Waals surface area contributed by atoms with Crippen LogP contribution >= 0.6 is 0 Å². The number of aromatic amines is 1. The zero-order chi connectivity index (χ0) is 16.8. The maximum Gasteiger partial charge on any atom is 0.271 e. The van der Waals surface area contributed by atoms with Crippen LogP contribution in [0.4, 0.5) is 0 Å². The van der Waals surface area contributed by atoms with Crippen LogP contribution < -0.4 is 10.2 Å². The van der Waals surface area contributed by atoms with Gasteiger partial charge in [0.25, 0.3) is 5.91 Å². The summed E-state index contributed by atoms with van der Waals surface area (Å²) in [5, 5.41) is 5.10. The highest BCUT2D eigenvalue weighted by Crippen LogP contribution is 2.15. The molecule has 0 fully saturated rings. The summed E-state index contributed by atoms with van der Waals surface area (Å²) in [5.74, 6) is 0.504. The normalized spacial score (nSPS) is 11.0. The maximum absolute atomic E-state index is 12.1. The van der Waals surface area contributed by atoms with Crippen molar-refractivity contribution < 1.29 is 9.53 Å². The van der Waals surface area contributed by atoms with Crippen molar-refractivity contribution in [1.29, 1.82) is 0 Å². The van der Waals surface area contributed by atoms with E-state index in [2.05, 4.69) is 15.5 Å². The van der Waals surface area contributed by atoms with Crippen LogP contribution in [0, 0.1) is 0 Å². The lowest BCUT2D eigenvalue weighted by atomic mass is 10.2. The molecule has 1 amide bonds. The smallest absolute Gasteiger partial charge is 0.271 e. The van der Waals surface area contributed by atoms with Crippen LogP contribution in [0.15, 0.2) is 59.8 Å². The third-order valence-corrected chi connectivity index (χ3v) is 3.58. The number of para-hydroxylation sites is 1. The number of carbonyl (C=O) groups is 1. The number of benzene rings is 2. The Morgan fingerprint density at radius 1 is 1.21 bits per heavy atom. The summed E-state index contributed by atoms with van der Waals surface area (Å²) in [5.41, 5.74) is 5.04. The molecular weight excluding hydrogens is 302 g/mol. The Hall–Kier alpha value is -3.08. The summed E-state index contributed by atoms with van der Waals surface area (Å²) >= 11 is 0. The third-order valence-electron chi connectivity index (χ3n) is 3.58. The molecule has 24 heavy (non-hydrogen) atoms. The van der Waals surface area contributed by atoms with Crippen LogP contribution in [0.1, 0.15) is 29.3 Å². The SMILES string of the molecule is CCCOc1ccc(C(=O)NN=Cc2c[nH]c3ccccc23)cc1. The minimum absolute atomic E-state index is 0.256. The third kappa shape index (κ3) is 3.63. The van der Waals surface area contributed by atoms with Crippen molar-refractivity contribution in [1.82, 2.24) is 10.4 Å². The lowest BCUT2D eigenvalue weighted by Gasteiger charge is -2.05. The average Bonchev–Trinajstić information content (AvgIpc) is 3.03. The van der Waals surface area contributed by atoms with E-state index in [0.717, 1.165) is 28.6 Å². The van der Waals surface area contributed by atoms with E-state index in [0.29, 0.717) is 12.2 Å². The average molecular weight is 321 g/mol. The highest BCUT2D eigenvalue weighted by Gasteiger charge is 2.05. The number of nitrogens with zero attached hydrogens (tertiary/aromatic N) is 1. The Kier molecular flexibility index (Phi) is 4.91. The maximum atomic E-state index is 12.1. The second kappa shape index (κ2) is 7.46. The van der Waals surface area contributed by atoms with Crippen molar-refractivity contribution in [3.05, 3.63) is 65.9 Å². The topological polar surface area (TPSA) is 66.5 Å². The van der Waals surface area contributed by atoms with Crippen LogP contribution in [0.2, 0.25) is 0 Å². The predicted molar refractivity (Wildman–Crippen MR) is 95.6 cm³/mol. The fourth-order valence-corrected chi connectivity index (χ4v) is 2.35. The van der Waals surface area contributed by atoms with E-state index in [1.807, 2.05) is 37.4 Å². The molecule has 0 aliphatic heterocycles. The summed E-state index contributed by atoms with van der Waals surface area (Å²) < 4.78 is 5.50. The minimum Gasteiger partial charge on any atom is -0.494 e. The van der Waals surface area contributed by atoms with Crippen molar-refractivity contribution in [3.8, 4) is 5.75 Å². The van der Waals surface area contributed by atoms with Gasteiger partial charge in [0.1, 0.15) is 5.75 Å². The Labute approximate surface area is 140 Å². The Bertz CT molecular complexity index is 850. The largest absolute Gasteiger partial charge is 0.494 e. The number of ether oxygens (including phenoxy) is 1. The first kappa shape index (κ1) is 15.8. The highest BCUT2D eigenvalue weighted by atomic mass is 16.5. The summed E-state index contributed by atoms with van der Waals surface area (Å²) in [6, 6.07) is 15.0. The Balaban J connectivity index is 1.62. The van der Waals surface area contributed by atoms with Gasteiger partial charge in [0.05, 0.1) is 12.8 Å². The predicted octanol–water partition coefficient (Wildman–Crippen LogP) is 3.72. The van der Waals surface area contributed by atoms with E-state index < -0.39 is 0 Å². The number of carbonyl (C=O) groups excluding carboxylic acids is 1. The number of hydrazone groups is 1. The number of H-pyrrole nitrogens is 1. The molecule has 0 bridgehead atoms. The molecule has 0 saturated heterocycles. The second-order valence-corrected chi connectivity index (χ2v) is 5.36. The summed E-state index contributed by atoms with van der Waals surface area (Å²) in [6.07, 6.45) is 4.44. The van der Waals surface area contributed by atoms with Crippen LogP contribution in [0.5, 0.6) is 5.75 Å². The van der Waals surface area contributed by atoms with Crippen molar-refractivity contribution in [3.63, 3.8) is 0 Å². The van der Waals surface area contributed by atoms with Gasteiger partial charge in [-0.1, -0.05) is 25.1 Å². The first-order valence-electron chi connectivity index (χ1n) is 7.90.